The zero-order valence-electron chi connectivity index (χ0n) is 19.7. The lowest BCUT2D eigenvalue weighted by atomic mass is 9.95. The lowest BCUT2D eigenvalue weighted by molar-refractivity contribution is -0.309. The first-order valence-electron chi connectivity index (χ1n) is 10.9. The molecule has 1 saturated carbocycles. The van der Waals surface area contributed by atoms with Gasteiger partial charge in [0.05, 0.1) is 5.92 Å². The summed E-state index contributed by atoms with van der Waals surface area (Å²) in [6.45, 7) is 7.58. The molecule has 1 aliphatic rings. The van der Waals surface area contributed by atoms with E-state index in [0.29, 0.717) is 5.56 Å². The van der Waals surface area contributed by atoms with Gasteiger partial charge in [-0.2, -0.15) is 17.6 Å². The summed E-state index contributed by atoms with van der Waals surface area (Å²) >= 11 is 5.08. The summed E-state index contributed by atoms with van der Waals surface area (Å²) in [6.07, 6.45) is -7.85. The zero-order valence-corrected chi connectivity index (χ0v) is 20.5. The van der Waals surface area contributed by atoms with Gasteiger partial charge in [-0.1, -0.05) is 80.1 Å². The number of carbonyl (C=O) groups is 1. The second-order valence-electron chi connectivity index (χ2n) is 9.23. The van der Waals surface area contributed by atoms with Gasteiger partial charge >= 0.3 is 24.4 Å². The molecule has 196 valence electrons. The summed E-state index contributed by atoms with van der Waals surface area (Å²) in [5.41, 5.74) is -3.67. The number of alkyl halides is 7. The molecule has 3 nitrogen and oxygen atoms in total. The molecule has 2 aromatic rings. The molecular weight excluding hydrogens is 510 g/mol. The Bertz CT molecular complexity index is 1120. The van der Waals surface area contributed by atoms with E-state index < -0.39 is 46.7 Å². The van der Waals surface area contributed by atoms with Crippen LogP contribution in [0.1, 0.15) is 25.0 Å². The molecule has 0 bridgehead atoms. The first-order chi connectivity index (χ1) is 16.6. The molecule has 10 heteroatoms. The summed E-state index contributed by atoms with van der Waals surface area (Å²) in [7, 11) is 0. The fourth-order valence-electron chi connectivity index (χ4n) is 4.74. The van der Waals surface area contributed by atoms with Crippen LogP contribution in [-0.2, 0) is 20.9 Å². The van der Waals surface area contributed by atoms with Crippen molar-refractivity contribution >= 4 is 17.6 Å². The number of halogens is 7. The van der Waals surface area contributed by atoms with Crippen LogP contribution in [0.5, 0.6) is 0 Å². The summed E-state index contributed by atoms with van der Waals surface area (Å²) in [5, 5.41) is 0. The molecule has 0 aliphatic heterocycles. The van der Waals surface area contributed by atoms with Crippen LogP contribution in [0.3, 0.4) is 0 Å². The van der Waals surface area contributed by atoms with Gasteiger partial charge in [-0.25, -0.2) is 8.78 Å². The first kappa shape index (κ1) is 28.1. The number of esters is 1. The highest BCUT2D eigenvalue weighted by molar-refractivity contribution is 6.20. The third-order valence-corrected chi connectivity index (χ3v) is 7.28. The second kappa shape index (κ2) is 9.74. The van der Waals surface area contributed by atoms with E-state index in [1.165, 1.54) is 13.8 Å². The number of carbonyl (C=O) groups excluding carboxylic acids is 1. The van der Waals surface area contributed by atoms with Crippen molar-refractivity contribution in [2.24, 2.45) is 16.7 Å². The number of hydrogen-bond donors (Lipinski definition) is 0. The number of benzene rings is 2. The van der Waals surface area contributed by atoms with Gasteiger partial charge in [0, 0.05) is 0 Å². The predicted octanol–water partition coefficient (Wildman–Crippen LogP) is 7.61. The van der Waals surface area contributed by atoms with E-state index in [1.807, 2.05) is 43.3 Å². The third-order valence-electron chi connectivity index (χ3n) is 6.90. The Kier molecular flexibility index (Phi) is 7.59. The van der Waals surface area contributed by atoms with Crippen molar-refractivity contribution in [1.29, 1.82) is 0 Å². The van der Waals surface area contributed by atoms with Crippen LogP contribution in [0, 0.1) is 23.7 Å². The van der Waals surface area contributed by atoms with Crippen LogP contribution in [0.4, 0.5) is 26.3 Å². The lowest BCUT2D eigenvalue weighted by Gasteiger charge is -2.27. The Balaban J connectivity index is 1.81. The maximum absolute atomic E-state index is 14.9. The van der Waals surface area contributed by atoms with E-state index in [9.17, 15) is 31.1 Å². The summed E-state index contributed by atoms with van der Waals surface area (Å²) in [5.74, 6) is -8.15. The maximum atomic E-state index is 14.9. The van der Waals surface area contributed by atoms with Crippen molar-refractivity contribution in [2.75, 3.05) is 0 Å². The average Bonchev–Trinajstić information content (AvgIpc) is 3.35. The van der Waals surface area contributed by atoms with Gasteiger partial charge in [0.1, 0.15) is 12.0 Å². The fraction of sp³-hybridized carbons (Fsp3) is 0.423. The smallest absolute Gasteiger partial charge is 0.362 e. The van der Waals surface area contributed by atoms with E-state index in [2.05, 4.69) is 11.3 Å². The first-order valence-corrected chi connectivity index (χ1v) is 11.4. The van der Waals surface area contributed by atoms with Crippen LogP contribution in [0.15, 0.2) is 61.2 Å². The Labute approximate surface area is 210 Å². The highest BCUT2D eigenvalue weighted by atomic mass is 35.5. The topological polar surface area (TPSA) is 35.5 Å². The van der Waals surface area contributed by atoms with E-state index in [0.717, 1.165) is 22.8 Å². The summed E-state index contributed by atoms with van der Waals surface area (Å²) in [6, 6.07) is 14.8. The molecule has 3 rings (SSSR count). The molecule has 0 N–H and O–H groups in total. The fourth-order valence-corrected chi connectivity index (χ4v) is 4.96. The van der Waals surface area contributed by atoms with E-state index in [4.69, 9.17) is 16.3 Å². The average molecular weight is 535 g/mol. The lowest BCUT2D eigenvalue weighted by Crippen LogP contribution is -2.44. The summed E-state index contributed by atoms with van der Waals surface area (Å²) in [4.78, 5) is 13.1. The van der Waals surface area contributed by atoms with Crippen molar-refractivity contribution in [1.82, 2.24) is 0 Å². The van der Waals surface area contributed by atoms with Gasteiger partial charge in [0.15, 0.2) is 0 Å². The molecule has 0 radical (unpaired) electrons. The minimum Gasteiger partial charge on any atom is -0.460 e. The van der Waals surface area contributed by atoms with Gasteiger partial charge < -0.3 is 4.74 Å². The van der Waals surface area contributed by atoms with Crippen molar-refractivity contribution in [3.8, 4) is 11.1 Å². The molecule has 1 aliphatic carbocycles. The molecule has 0 amide bonds. The van der Waals surface area contributed by atoms with Crippen molar-refractivity contribution in [2.45, 2.75) is 51.4 Å². The zero-order chi connectivity index (χ0) is 27.1. The van der Waals surface area contributed by atoms with E-state index in [1.54, 1.807) is 12.1 Å². The molecule has 3 atom stereocenters. The number of hydrogen-bond acceptors (Lipinski definition) is 3. The highest BCUT2D eigenvalue weighted by Crippen LogP contribution is 2.75. The monoisotopic (exact) mass is 534 g/mol. The van der Waals surface area contributed by atoms with E-state index in [-0.39, 0.29) is 6.61 Å². The van der Waals surface area contributed by atoms with Gasteiger partial charge in [-0.05, 0) is 34.6 Å². The van der Waals surface area contributed by atoms with Crippen LogP contribution < -0.4 is 0 Å². The largest absolute Gasteiger partial charge is 0.460 e. The molecular formula is C26H25ClF6O3. The van der Waals surface area contributed by atoms with Gasteiger partial charge in [0.2, 0.25) is 5.56 Å². The van der Waals surface area contributed by atoms with Gasteiger partial charge in [-0.15, -0.1) is 6.58 Å². The van der Waals surface area contributed by atoms with E-state index >= 15 is 0 Å². The van der Waals surface area contributed by atoms with Crippen LogP contribution >= 0.6 is 11.6 Å². The van der Waals surface area contributed by atoms with Crippen LogP contribution in [0.2, 0.25) is 0 Å². The second-order valence-corrected chi connectivity index (χ2v) is 9.63. The molecule has 0 heterocycles. The minimum absolute atomic E-state index is 0.252. The number of rotatable bonds is 10. The van der Waals surface area contributed by atoms with Crippen LogP contribution in [0.25, 0.3) is 11.1 Å². The van der Waals surface area contributed by atoms with Gasteiger partial charge in [-0.3, -0.25) is 9.53 Å². The minimum atomic E-state index is -5.04. The Morgan fingerprint density at radius 1 is 1.11 bits per heavy atom. The Morgan fingerprint density at radius 3 is 2.28 bits per heavy atom. The predicted molar refractivity (Wildman–Crippen MR) is 123 cm³/mol. The maximum Gasteiger partial charge on any atom is 0.362 e. The molecule has 36 heavy (non-hydrogen) atoms. The standard InChI is InChI=1S/C26H25ClF6O3/c1-5-24(19(23(24,3)4)26(32,33)36-20(27)25(30,31)21(28)29)22(34)35-14-17-12-9-13-18(15(17)2)16-10-7-6-8-11-16/h5-13,19-21H,1,14H2,2-4H3. The Morgan fingerprint density at radius 2 is 1.72 bits per heavy atom. The molecule has 0 aromatic heterocycles. The summed E-state index contributed by atoms with van der Waals surface area (Å²) < 4.78 is 91.1. The van der Waals surface area contributed by atoms with Gasteiger partial charge in [0.25, 0.3) is 0 Å². The molecule has 0 saturated heterocycles. The van der Waals surface area contributed by atoms with Crippen LogP contribution in [-0.4, -0.2) is 30.0 Å². The quantitative estimate of drug-likeness (QED) is 0.136. The normalized spacial score (nSPS) is 22.2. The molecule has 3 unspecified atom stereocenters. The highest BCUT2D eigenvalue weighted by Gasteiger charge is 2.83. The number of ether oxygens (including phenoxy) is 2. The Hall–Kier alpha value is -2.52. The molecule has 1 fully saturated rings. The van der Waals surface area contributed by atoms with Crippen molar-refractivity contribution in [3.05, 3.63) is 72.3 Å². The third kappa shape index (κ3) is 4.63. The SMILES string of the molecule is C=CC1(C(=O)OCc2cccc(-c3ccccc3)c2C)C(C(F)(F)OC(Cl)C(F)(F)C(F)F)C1(C)C. The van der Waals surface area contributed by atoms with Crippen molar-refractivity contribution < 1.29 is 40.6 Å². The molecule has 2 aromatic carbocycles. The molecule has 0 spiro atoms. The van der Waals surface area contributed by atoms with Crippen molar-refractivity contribution in [3.63, 3.8) is 0 Å².